The van der Waals surface area contributed by atoms with E-state index in [-0.39, 0.29) is 30.7 Å². The van der Waals surface area contributed by atoms with Crippen molar-refractivity contribution in [3.05, 3.63) is 58.1 Å². The lowest BCUT2D eigenvalue weighted by atomic mass is 9.81. The summed E-state index contributed by atoms with van der Waals surface area (Å²) in [6.07, 6.45) is 4.04. The van der Waals surface area contributed by atoms with Gasteiger partial charge in [0.15, 0.2) is 11.5 Å². The molecule has 0 aromatic heterocycles. The van der Waals surface area contributed by atoms with Gasteiger partial charge in [-0.1, -0.05) is 23.7 Å². The number of methoxy groups -OCH3 is 1. The van der Waals surface area contributed by atoms with Crippen molar-refractivity contribution in [1.29, 1.82) is 0 Å². The van der Waals surface area contributed by atoms with Crippen molar-refractivity contribution in [2.24, 2.45) is 5.92 Å². The fourth-order valence-electron chi connectivity index (χ4n) is 5.08. The summed E-state index contributed by atoms with van der Waals surface area (Å²) < 4.78 is 11.6. The van der Waals surface area contributed by atoms with E-state index in [2.05, 4.69) is 4.90 Å². The molecule has 1 saturated carbocycles. The highest BCUT2D eigenvalue weighted by Crippen LogP contribution is 2.44. The van der Waals surface area contributed by atoms with Crippen LogP contribution in [0, 0.1) is 5.92 Å². The molecule has 0 spiro atoms. The molecule has 32 heavy (non-hydrogen) atoms. The molecule has 0 radical (unpaired) electrons. The van der Waals surface area contributed by atoms with Gasteiger partial charge in [0.2, 0.25) is 5.91 Å². The normalized spacial score (nSPS) is 23.2. The molecule has 6 heteroatoms. The zero-order valence-electron chi connectivity index (χ0n) is 19.0. The summed E-state index contributed by atoms with van der Waals surface area (Å²) in [4.78, 5) is 15.6. The number of amides is 1. The van der Waals surface area contributed by atoms with Crippen LogP contribution in [0.1, 0.15) is 62.3 Å². The summed E-state index contributed by atoms with van der Waals surface area (Å²) in [6.45, 7) is 4.20. The molecular weight excluding hydrogens is 426 g/mol. The number of nitrogens with zero attached hydrogens (tertiary/aromatic N) is 1. The maximum absolute atomic E-state index is 13.5. The zero-order chi connectivity index (χ0) is 22.8. The molecule has 1 N–H and O–H groups in total. The minimum absolute atomic E-state index is 0.00557. The molecular formula is C26H32ClNO4. The monoisotopic (exact) mass is 457 g/mol. The van der Waals surface area contributed by atoms with Crippen LogP contribution in [-0.2, 0) is 11.2 Å². The number of aliphatic hydroxyl groups excluding tert-OH is 1. The number of rotatable bonds is 6. The average Bonchev–Trinajstić information content (AvgIpc) is 2.78. The van der Waals surface area contributed by atoms with Gasteiger partial charge >= 0.3 is 0 Å². The second-order valence-corrected chi connectivity index (χ2v) is 9.59. The van der Waals surface area contributed by atoms with Crippen molar-refractivity contribution < 1.29 is 19.4 Å². The fourth-order valence-corrected chi connectivity index (χ4v) is 5.21. The molecule has 1 aliphatic carbocycles. The van der Waals surface area contributed by atoms with Crippen molar-refractivity contribution in [2.75, 3.05) is 13.7 Å². The predicted octanol–water partition coefficient (Wildman–Crippen LogP) is 5.16. The molecule has 5 nitrogen and oxygen atoms in total. The largest absolute Gasteiger partial charge is 0.493 e. The van der Waals surface area contributed by atoms with E-state index in [4.69, 9.17) is 21.1 Å². The summed E-state index contributed by atoms with van der Waals surface area (Å²) >= 11 is 6.18. The fraction of sp³-hybridized carbons (Fsp3) is 0.500. The lowest BCUT2D eigenvalue weighted by Gasteiger charge is -2.45. The topological polar surface area (TPSA) is 59.0 Å². The molecule has 1 fully saturated rings. The quantitative estimate of drug-likeness (QED) is 0.650. The maximum Gasteiger partial charge on any atom is 0.228 e. The van der Waals surface area contributed by atoms with Crippen LogP contribution in [-0.4, -0.2) is 41.8 Å². The van der Waals surface area contributed by atoms with Crippen LogP contribution < -0.4 is 9.47 Å². The highest BCUT2D eigenvalue weighted by Gasteiger charge is 2.40. The predicted molar refractivity (Wildman–Crippen MR) is 125 cm³/mol. The molecule has 0 saturated heterocycles. The molecule has 1 heterocycles. The van der Waals surface area contributed by atoms with E-state index in [0.717, 1.165) is 42.4 Å². The number of halogens is 1. The number of fused-ring (bicyclic) bond motifs is 1. The van der Waals surface area contributed by atoms with Gasteiger partial charge in [0.25, 0.3) is 0 Å². The van der Waals surface area contributed by atoms with Crippen molar-refractivity contribution in [1.82, 2.24) is 4.90 Å². The number of aliphatic hydroxyl groups is 1. The standard InChI is InChI=1S/C26H32ClNO4/c1-16(2)32-24-14-22-19(12-23(24)31-3)13-25(30)28(21-10-4-17(15-29)5-11-21)26(22)18-6-8-20(27)9-7-18/h6-9,12,14,16-17,21,26,29H,4-5,10-11,13,15H2,1-3H3. The third-order valence-corrected chi connectivity index (χ3v) is 6.90. The Labute approximate surface area is 195 Å². The number of hydrogen-bond acceptors (Lipinski definition) is 4. The van der Waals surface area contributed by atoms with Gasteiger partial charge in [-0.2, -0.15) is 0 Å². The van der Waals surface area contributed by atoms with E-state index in [1.54, 1.807) is 7.11 Å². The number of carbonyl (C=O) groups excluding carboxylic acids is 1. The molecule has 2 aromatic carbocycles. The summed E-state index contributed by atoms with van der Waals surface area (Å²) in [7, 11) is 1.63. The summed E-state index contributed by atoms with van der Waals surface area (Å²) in [6, 6.07) is 11.7. The van der Waals surface area contributed by atoms with E-state index in [1.807, 2.05) is 50.2 Å². The Bertz CT molecular complexity index is 951. The molecule has 2 aromatic rings. The Kier molecular flexibility index (Phi) is 6.96. The Morgan fingerprint density at radius 3 is 2.38 bits per heavy atom. The van der Waals surface area contributed by atoms with Crippen LogP contribution in [0.3, 0.4) is 0 Å². The van der Waals surface area contributed by atoms with Gasteiger partial charge in [-0.25, -0.2) is 0 Å². The second-order valence-electron chi connectivity index (χ2n) is 9.16. The molecule has 1 atom stereocenters. The van der Waals surface area contributed by atoms with Crippen LogP contribution in [0.4, 0.5) is 0 Å². The van der Waals surface area contributed by atoms with E-state index in [1.165, 1.54) is 0 Å². The SMILES string of the molecule is COc1cc2c(cc1OC(C)C)C(c1ccc(Cl)cc1)N(C1CCC(CO)CC1)C(=O)C2. The Hall–Kier alpha value is -2.24. The number of carbonyl (C=O) groups is 1. The summed E-state index contributed by atoms with van der Waals surface area (Å²) in [5.74, 6) is 1.81. The molecule has 2 aliphatic rings. The molecule has 4 rings (SSSR count). The van der Waals surface area contributed by atoms with Crippen LogP contribution in [0.25, 0.3) is 0 Å². The van der Waals surface area contributed by atoms with Crippen molar-refractivity contribution in [2.45, 2.75) is 64.1 Å². The van der Waals surface area contributed by atoms with Gasteiger partial charge in [-0.15, -0.1) is 0 Å². The van der Waals surface area contributed by atoms with Gasteiger partial charge < -0.3 is 19.5 Å². The first kappa shape index (κ1) is 22.9. The first-order valence-corrected chi connectivity index (χ1v) is 11.8. The number of hydrogen-bond donors (Lipinski definition) is 1. The van der Waals surface area contributed by atoms with E-state index in [0.29, 0.717) is 28.9 Å². The number of benzene rings is 2. The smallest absolute Gasteiger partial charge is 0.228 e. The maximum atomic E-state index is 13.5. The van der Waals surface area contributed by atoms with E-state index >= 15 is 0 Å². The van der Waals surface area contributed by atoms with Crippen molar-refractivity contribution in [3.8, 4) is 11.5 Å². The van der Waals surface area contributed by atoms with Gasteiger partial charge in [-0.3, -0.25) is 4.79 Å². The Morgan fingerprint density at radius 1 is 1.09 bits per heavy atom. The van der Waals surface area contributed by atoms with Gasteiger partial charge in [0.05, 0.1) is 25.7 Å². The van der Waals surface area contributed by atoms with Crippen LogP contribution in [0.2, 0.25) is 5.02 Å². The molecule has 1 unspecified atom stereocenters. The lowest BCUT2D eigenvalue weighted by molar-refractivity contribution is -0.137. The van der Waals surface area contributed by atoms with Gasteiger partial charge in [-0.05, 0) is 86.4 Å². The second kappa shape index (κ2) is 9.72. The van der Waals surface area contributed by atoms with Gasteiger partial charge in [0.1, 0.15) is 0 Å². The lowest BCUT2D eigenvalue weighted by Crippen LogP contribution is -2.48. The molecule has 0 bridgehead atoms. The zero-order valence-corrected chi connectivity index (χ0v) is 19.8. The van der Waals surface area contributed by atoms with Gasteiger partial charge in [0, 0.05) is 17.7 Å². The van der Waals surface area contributed by atoms with E-state index < -0.39 is 0 Å². The summed E-state index contributed by atoms with van der Waals surface area (Å²) in [5.41, 5.74) is 3.09. The molecule has 172 valence electrons. The van der Waals surface area contributed by atoms with Crippen LogP contribution >= 0.6 is 11.6 Å². The van der Waals surface area contributed by atoms with E-state index in [9.17, 15) is 9.90 Å². The van der Waals surface area contributed by atoms with Crippen molar-refractivity contribution in [3.63, 3.8) is 0 Å². The molecule has 1 amide bonds. The van der Waals surface area contributed by atoms with Crippen LogP contribution in [0.15, 0.2) is 36.4 Å². The third kappa shape index (κ3) is 4.60. The minimum atomic E-state index is -0.209. The highest BCUT2D eigenvalue weighted by molar-refractivity contribution is 6.30. The minimum Gasteiger partial charge on any atom is -0.493 e. The average molecular weight is 458 g/mol. The molecule has 1 aliphatic heterocycles. The Morgan fingerprint density at radius 2 is 1.78 bits per heavy atom. The van der Waals surface area contributed by atoms with Crippen LogP contribution in [0.5, 0.6) is 11.5 Å². The third-order valence-electron chi connectivity index (χ3n) is 6.64. The number of ether oxygens (including phenoxy) is 2. The first-order chi connectivity index (χ1) is 15.4. The summed E-state index contributed by atoms with van der Waals surface area (Å²) in [5, 5.41) is 10.2. The highest BCUT2D eigenvalue weighted by atomic mass is 35.5. The first-order valence-electron chi connectivity index (χ1n) is 11.5. The Balaban J connectivity index is 1.80. The van der Waals surface area contributed by atoms with Crippen molar-refractivity contribution >= 4 is 17.5 Å².